The molecule has 1 aromatic carbocycles. The van der Waals surface area contributed by atoms with E-state index >= 15 is 0 Å². The standard InChI is InChI=1S/C14H21NO2/c1-10(2)14(16)9-17-12-7-11-5-3-4-6-13(11)15-8-12/h3-6,10,12,14-16H,7-9H2,1-2H3. The summed E-state index contributed by atoms with van der Waals surface area (Å²) in [5.41, 5.74) is 2.50. The van der Waals surface area contributed by atoms with Crippen LogP contribution in [0.2, 0.25) is 0 Å². The van der Waals surface area contributed by atoms with Gasteiger partial charge in [0.25, 0.3) is 0 Å². The topological polar surface area (TPSA) is 41.5 Å². The van der Waals surface area contributed by atoms with Crippen molar-refractivity contribution in [2.75, 3.05) is 18.5 Å². The van der Waals surface area contributed by atoms with Gasteiger partial charge in [0.15, 0.2) is 0 Å². The highest BCUT2D eigenvalue weighted by molar-refractivity contribution is 5.53. The third-order valence-electron chi connectivity index (χ3n) is 3.26. The van der Waals surface area contributed by atoms with Gasteiger partial charge in [0, 0.05) is 18.7 Å². The van der Waals surface area contributed by atoms with E-state index in [2.05, 4.69) is 17.4 Å². The van der Waals surface area contributed by atoms with E-state index in [-0.39, 0.29) is 18.1 Å². The zero-order valence-corrected chi connectivity index (χ0v) is 10.5. The van der Waals surface area contributed by atoms with E-state index in [1.54, 1.807) is 0 Å². The van der Waals surface area contributed by atoms with Gasteiger partial charge in [-0.1, -0.05) is 32.0 Å². The van der Waals surface area contributed by atoms with Crippen molar-refractivity contribution in [3.63, 3.8) is 0 Å². The summed E-state index contributed by atoms with van der Waals surface area (Å²) in [5.74, 6) is 0.249. The van der Waals surface area contributed by atoms with Gasteiger partial charge in [0.1, 0.15) is 0 Å². The fourth-order valence-electron chi connectivity index (χ4n) is 1.96. The lowest BCUT2D eigenvalue weighted by Crippen LogP contribution is -2.34. The molecule has 3 nitrogen and oxygen atoms in total. The highest BCUT2D eigenvalue weighted by Crippen LogP contribution is 2.22. The van der Waals surface area contributed by atoms with E-state index in [1.807, 2.05) is 26.0 Å². The molecule has 1 aromatic rings. The maximum Gasteiger partial charge on any atom is 0.0796 e. The Morgan fingerprint density at radius 2 is 2.18 bits per heavy atom. The number of fused-ring (bicyclic) bond motifs is 1. The maximum absolute atomic E-state index is 9.71. The highest BCUT2D eigenvalue weighted by atomic mass is 16.5. The normalized spacial score (nSPS) is 20.8. The summed E-state index contributed by atoms with van der Waals surface area (Å²) in [6, 6.07) is 8.30. The SMILES string of the molecule is CC(C)C(O)COC1CNc2ccccc2C1. The predicted octanol–water partition coefficient (Wildman–Crippen LogP) is 2.06. The van der Waals surface area contributed by atoms with E-state index in [0.717, 1.165) is 13.0 Å². The van der Waals surface area contributed by atoms with Crippen LogP contribution in [0.15, 0.2) is 24.3 Å². The molecule has 2 unspecified atom stereocenters. The molecule has 0 aromatic heterocycles. The minimum atomic E-state index is -0.368. The molecule has 3 heteroatoms. The van der Waals surface area contributed by atoms with E-state index in [0.29, 0.717) is 6.61 Å². The van der Waals surface area contributed by atoms with Crippen LogP contribution in [0.25, 0.3) is 0 Å². The molecule has 2 atom stereocenters. The van der Waals surface area contributed by atoms with Crippen molar-refractivity contribution in [3.8, 4) is 0 Å². The van der Waals surface area contributed by atoms with Gasteiger partial charge in [-0.15, -0.1) is 0 Å². The molecule has 0 spiro atoms. The summed E-state index contributed by atoms with van der Waals surface area (Å²) < 4.78 is 5.75. The Labute approximate surface area is 103 Å². The van der Waals surface area contributed by atoms with Crippen molar-refractivity contribution in [3.05, 3.63) is 29.8 Å². The summed E-state index contributed by atoms with van der Waals surface area (Å²) in [5, 5.41) is 13.1. The molecule has 17 heavy (non-hydrogen) atoms. The first-order valence-electron chi connectivity index (χ1n) is 6.28. The fourth-order valence-corrected chi connectivity index (χ4v) is 1.96. The second-order valence-corrected chi connectivity index (χ2v) is 5.01. The Hall–Kier alpha value is -1.06. The van der Waals surface area contributed by atoms with E-state index in [9.17, 15) is 5.11 Å². The molecule has 0 bridgehead atoms. The Kier molecular flexibility index (Phi) is 4.02. The minimum Gasteiger partial charge on any atom is -0.390 e. The van der Waals surface area contributed by atoms with Crippen LogP contribution in [0, 0.1) is 5.92 Å². The van der Waals surface area contributed by atoms with Crippen molar-refractivity contribution in [1.29, 1.82) is 0 Å². The van der Waals surface area contributed by atoms with Crippen molar-refractivity contribution in [2.24, 2.45) is 5.92 Å². The lowest BCUT2D eigenvalue weighted by Gasteiger charge is -2.27. The number of para-hydroxylation sites is 1. The molecule has 1 aliphatic heterocycles. The smallest absolute Gasteiger partial charge is 0.0796 e. The highest BCUT2D eigenvalue weighted by Gasteiger charge is 2.19. The Balaban J connectivity index is 1.86. The molecule has 2 rings (SSSR count). The van der Waals surface area contributed by atoms with Gasteiger partial charge in [-0.3, -0.25) is 0 Å². The third-order valence-corrected chi connectivity index (χ3v) is 3.26. The lowest BCUT2D eigenvalue weighted by atomic mass is 10.0. The monoisotopic (exact) mass is 235 g/mol. The summed E-state index contributed by atoms with van der Waals surface area (Å²) in [6.07, 6.45) is 0.721. The number of hydrogen-bond donors (Lipinski definition) is 2. The molecule has 0 radical (unpaired) electrons. The third kappa shape index (κ3) is 3.20. The van der Waals surface area contributed by atoms with Crippen LogP contribution >= 0.6 is 0 Å². The van der Waals surface area contributed by atoms with Gasteiger partial charge < -0.3 is 15.2 Å². The fraction of sp³-hybridized carbons (Fsp3) is 0.571. The summed E-state index contributed by atoms with van der Waals surface area (Å²) in [4.78, 5) is 0. The van der Waals surface area contributed by atoms with Crippen molar-refractivity contribution in [2.45, 2.75) is 32.5 Å². The average Bonchev–Trinajstić information content (AvgIpc) is 2.35. The van der Waals surface area contributed by atoms with Gasteiger partial charge in [0.2, 0.25) is 0 Å². The lowest BCUT2D eigenvalue weighted by molar-refractivity contribution is -0.0214. The number of rotatable bonds is 4. The number of nitrogens with one attached hydrogen (secondary N) is 1. The van der Waals surface area contributed by atoms with Gasteiger partial charge in [-0.05, 0) is 17.5 Å². The first-order valence-corrected chi connectivity index (χ1v) is 6.28. The van der Waals surface area contributed by atoms with Crippen LogP contribution < -0.4 is 5.32 Å². The number of ether oxygens (including phenoxy) is 1. The molecule has 0 amide bonds. The largest absolute Gasteiger partial charge is 0.390 e. The Morgan fingerprint density at radius 1 is 1.41 bits per heavy atom. The number of aliphatic hydroxyl groups excluding tert-OH is 1. The van der Waals surface area contributed by atoms with Crippen LogP contribution in [0.1, 0.15) is 19.4 Å². The summed E-state index contributed by atoms with van der Waals surface area (Å²) >= 11 is 0. The van der Waals surface area contributed by atoms with Crippen LogP contribution in [0.5, 0.6) is 0 Å². The van der Waals surface area contributed by atoms with Gasteiger partial charge in [0.05, 0.1) is 18.8 Å². The molecular weight excluding hydrogens is 214 g/mol. The molecule has 1 aliphatic rings. The average molecular weight is 235 g/mol. The molecular formula is C14H21NO2. The Bertz CT molecular complexity index is 365. The molecule has 0 saturated carbocycles. The van der Waals surface area contributed by atoms with Crippen molar-refractivity contribution in [1.82, 2.24) is 0 Å². The molecule has 0 fully saturated rings. The first kappa shape index (κ1) is 12.4. The summed E-state index contributed by atoms with van der Waals surface area (Å²) in [7, 11) is 0. The summed E-state index contributed by atoms with van der Waals surface area (Å²) in [6.45, 7) is 5.25. The minimum absolute atomic E-state index is 0.165. The van der Waals surface area contributed by atoms with Gasteiger partial charge in [-0.2, -0.15) is 0 Å². The molecule has 2 N–H and O–H groups in total. The molecule has 0 aliphatic carbocycles. The molecule has 94 valence electrons. The van der Waals surface area contributed by atoms with E-state index in [1.165, 1.54) is 11.3 Å². The number of aliphatic hydroxyl groups is 1. The number of anilines is 1. The van der Waals surface area contributed by atoms with Crippen LogP contribution in [0.3, 0.4) is 0 Å². The molecule has 1 heterocycles. The molecule has 0 saturated heterocycles. The zero-order valence-electron chi connectivity index (χ0n) is 10.5. The van der Waals surface area contributed by atoms with E-state index in [4.69, 9.17) is 4.74 Å². The quantitative estimate of drug-likeness (QED) is 0.839. The Morgan fingerprint density at radius 3 is 2.94 bits per heavy atom. The number of hydrogen-bond acceptors (Lipinski definition) is 3. The zero-order chi connectivity index (χ0) is 12.3. The second kappa shape index (κ2) is 5.52. The van der Waals surface area contributed by atoms with Crippen LogP contribution in [-0.2, 0) is 11.2 Å². The van der Waals surface area contributed by atoms with Crippen LogP contribution in [-0.4, -0.2) is 30.5 Å². The first-order chi connectivity index (χ1) is 8.16. The number of benzene rings is 1. The van der Waals surface area contributed by atoms with Gasteiger partial charge in [-0.25, -0.2) is 0 Å². The van der Waals surface area contributed by atoms with Crippen molar-refractivity contribution < 1.29 is 9.84 Å². The van der Waals surface area contributed by atoms with Gasteiger partial charge >= 0.3 is 0 Å². The van der Waals surface area contributed by atoms with E-state index < -0.39 is 0 Å². The van der Waals surface area contributed by atoms with Crippen molar-refractivity contribution >= 4 is 5.69 Å². The van der Waals surface area contributed by atoms with Crippen LogP contribution in [0.4, 0.5) is 5.69 Å². The predicted molar refractivity (Wildman–Crippen MR) is 69.2 cm³/mol. The maximum atomic E-state index is 9.71. The second-order valence-electron chi connectivity index (χ2n) is 5.01.